The quantitative estimate of drug-likeness (QED) is 0.669. The zero-order chi connectivity index (χ0) is 19.6. The second-order valence-electron chi connectivity index (χ2n) is 5.98. The fourth-order valence-electron chi connectivity index (χ4n) is 2.49. The molecule has 1 amide bonds. The molecule has 3 rings (SSSR count). The molecule has 0 atom stereocenters. The number of hydrogen-bond donors (Lipinski definition) is 1. The number of carbonyl (C=O) groups is 1. The lowest BCUT2D eigenvalue weighted by atomic mass is 10.2. The molecule has 8 nitrogen and oxygen atoms in total. The average molecular weight is 408 g/mol. The second kappa shape index (κ2) is 7.63. The van der Waals surface area contributed by atoms with Gasteiger partial charge in [-0.05, 0) is 30.3 Å². The SMILES string of the molecule is CN(C)S(=O)(=O)c1ccc(Cl)c(C(=O)NCCc2nnc3ccccn23)c1. The Morgan fingerprint density at radius 2 is 2.00 bits per heavy atom. The van der Waals surface area contributed by atoms with Gasteiger partial charge in [0.05, 0.1) is 15.5 Å². The fourth-order valence-corrected chi connectivity index (χ4v) is 3.63. The third-order valence-corrected chi connectivity index (χ3v) is 6.12. The summed E-state index contributed by atoms with van der Waals surface area (Å²) in [6.07, 6.45) is 2.31. The first kappa shape index (κ1) is 19.3. The topological polar surface area (TPSA) is 96.7 Å². The van der Waals surface area contributed by atoms with Gasteiger partial charge >= 0.3 is 0 Å². The monoisotopic (exact) mass is 407 g/mol. The first-order chi connectivity index (χ1) is 12.8. The predicted molar refractivity (Wildman–Crippen MR) is 101 cm³/mol. The number of amides is 1. The van der Waals surface area contributed by atoms with E-state index in [4.69, 9.17) is 11.6 Å². The van der Waals surface area contributed by atoms with Crippen LogP contribution in [0.15, 0.2) is 47.5 Å². The minimum atomic E-state index is -3.66. The van der Waals surface area contributed by atoms with Crippen LogP contribution in [0.1, 0.15) is 16.2 Å². The number of aromatic nitrogens is 3. The number of sulfonamides is 1. The summed E-state index contributed by atoms with van der Waals surface area (Å²) in [6, 6.07) is 9.63. The average Bonchev–Trinajstić information content (AvgIpc) is 3.05. The van der Waals surface area contributed by atoms with E-state index < -0.39 is 15.9 Å². The van der Waals surface area contributed by atoms with Gasteiger partial charge in [-0.15, -0.1) is 10.2 Å². The molecule has 142 valence electrons. The number of fused-ring (bicyclic) bond motifs is 1. The summed E-state index contributed by atoms with van der Waals surface area (Å²) in [6.45, 7) is 0.301. The maximum atomic E-state index is 12.5. The van der Waals surface area contributed by atoms with Gasteiger partial charge in [0.25, 0.3) is 5.91 Å². The van der Waals surface area contributed by atoms with Gasteiger partial charge in [-0.25, -0.2) is 12.7 Å². The molecule has 1 N–H and O–H groups in total. The number of benzene rings is 1. The van der Waals surface area contributed by atoms with Crippen LogP contribution in [0.5, 0.6) is 0 Å². The number of hydrogen-bond acceptors (Lipinski definition) is 5. The van der Waals surface area contributed by atoms with E-state index in [0.29, 0.717) is 18.8 Å². The van der Waals surface area contributed by atoms with Gasteiger partial charge in [-0.3, -0.25) is 9.20 Å². The maximum Gasteiger partial charge on any atom is 0.252 e. The highest BCUT2D eigenvalue weighted by atomic mass is 35.5. The van der Waals surface area contributed by atoms with Crippen molar-refractivity contribution in [2.75, 3.05) is 20.6 Å². The zero-order valence-corrected chi connectivity index (χ0v) is 16.3. The molecule has 0 fully saturated rings. The molecule has 0 unspecified atom stereocenters. The lowest BCUT2D eigenvalue weighted by molar-refractivity contribution is 0.0954. The normalized spacial score (nSPS) is 11.9. The molecule has 0 bridgehead atoms. The van der Waals surface area contributed by atoms with Gasteiger partial charge in [0.2, 0.25) is 10.0 Å². The molecule has 0 aliphatic rings. The summed E-state index contributed by atoms with van der Waals surface area (Å²) < 4.78 is 27.4. The molecule has 0 aliphatic heterocycles. The van der Waals surface area contributed by atoms with E-state index in [1.54, 1.807) is 0 Å². The van der Waals surface area contributed by atoms with Crippen molar-refractivity contribution in [1.29, 1.82) is 0 Å². The number of pyridine rings is 1. The van der Waals surface area contributed by atoms with Crippen LogP contribution >= 0.6 is 11.6 Å². The van der Waals surface area contributed by atoms with Crippen molar-refractivity contribution in [1.82, 2.24) is 24.2 Å². The van der Waals surface area contributed by atoms with Gasteiger partial charge in [0.1, 0.15) is 5.82 Å². The molecular weight excluding hydrogens is 390 g/mol. The minimum absolute atomic E-state index is 0.00509. The van der Waals surface area contributed by atoms with E-state index in [9.17, 15) is 13.2 Å². The summed E-state index contributed by atoms with van der Waals surface area (Å²) in [4.78, 5) is 12.5. The predicted octanol–water partition coefficient (Wildman–Crippen LogP) is 1.61. The van der Waals surface area contributed by atoms with Gasteiger partial charge in [-0.2, -0.15) is 0 Å². The van der Waals surface area contributed by atoms with Crippen molar-refractivity contribution in [3.05, 3.63) is 59.0 Å². The standard InChI is InChI=1S/C17H18ClN5O3S/c1-22(2)27(25,26)12-6-7-14(18)13(11-12)17(24)19-9-8-16-21-20-15-5-3-4-10-23(15)16/h3-7,10-11H,8-9H2,1-2H3,(H,19,24). The molecule has 0 saturated heterocycles. The summed E-state index contributed by atoms with van der Waals surface area (Å²) >= 11 is 6.08. The van der Waals surface area contributed by atoms with Crippen molar-refractivity contribution in [2.45, 2.75) is 11.3 Å². The molecule has 0 spiro atoms. The smallest absolute Gasteiger partial charge is 0.252 e. The van der Waals surface area contributed by atoms with Crippen molar-refractivity contribution < 1.29 is 13.2 Å². The van der Waals surface area contributed by atoms with Crippen LogP contribution in [-0.2, 0) is 16.4 Å². The first-order valence-corrected chi connectivity index (χ1v) is 9.91. The Labute approximate surface area is 161 Å². The number of nitrogens with zero attached hydrogens (tertiary/aromatic N) is 4. The van der Waals surface area contributed by atoms with Crippen LogP contribution in [0.4, 0.5) is 0 Å². The van der Waals surface area contributed by atoms with Gasteiger partial charge in [0, 0.05) is 33.3 Å². The second-order valence-corrected chi connectivity index (χ2v) is 8.54. The van der Waals surface area contributed by atoms with Crippen LogP contribution < -0.4 is 5.32 Å². The largest absolute Gasteiger partial charge is 0.352 e. The van der Waals surface area contributed by atoms with Crippen molar-refractivity contribution in [2.24, 2.45) is 0 Å². The molecule has 2 heterocycles. The van der Waals surface area contributed by atoms with Gasteiger partial charge < -0.3 is 5.32 Å². The summed E-state index contributed by atoms with van der Waals surface area (Å²) in [7, 11) is -0.811. The summed E-state index contributed by atoms with van der Waals surface area (Å²) in [5.74, 6) is 0.255. The molecule has 10 heteroatoms. The Bertz CT molecular complexity index is 1090. The molecule has 3 aromatic rings. The Kier molecular flexibility index (Phi) is 5.45. The molecule has 0 radical (unpaired) electrons. The molecular formula is C17H18ClN5O3S. The fraction of sp³-hybridized carbons (Fsp3) is 0.235. The van der Waals surface area contributed by atoms with Crippen molar-refractivity contribution >= 4 is 33.2 Å². The van der Waals surface area contributed by atoms with E-state index >= 15 is 0 Å². The Hall–Kier alpha value is -2.49. The van der Waals surface area contributed by atoms with E-state index in [0.717, 1.165) is 9.95 Å². The van der Waals surface area contributed by atoms with Crippen molar-refractivity contribution in [3.8, 4) is 0 Å². The molecule has 1 aromatic carbocycles. The highest BCUT2D eigenvalue weighted by Gasteiger charge is 2.20. The third kappa shape index (κ3) is 3.95. The first-order valence-electron chi connectivity index (χ1n) is 8.09. The van der Waals surface area contributed by atoms with E-state index in [-0.39, 0.29) is 15.5 Å². The molecule has 2 aromatic heterocycles. The van der Waals surface area contributed by atoms with Gasteiger partial charge in [-0.1, -0.05) is 17.7 Å². The molecule has 0 saturated carbocycles. The van der Waals surface area contributed by atoms with E-state index in [1.165, 1.54) is 32.3 Å². The minimum Gasteiger partial charge on any atom is -0.352 e. The number of halogens is 1. The number of carbonyl (C=O) groups excluding carboxylic acids is 1. The van der Waals surface area contributed by atoms with Gasteiger partial charge in [0.15, 0.2) is 5.65 Å². The Morgan fingerprint density at radius 3 is 2.74 bits per heavy atom. The van der Waals surface area contributed by atoms with Crippen LogP contribution in [0, 0.1) is 0 Å². The Morgan fingerprint density at radius 1 is 1.22 bits per heavy atom. The van der Waals surface area contributed by atoms with E-state index in [2.05, 4.69) is 15.5 Å². The highest BCUT2D eigenvalue weighted by molar-refractivity contribution is 7.89. The highest BCUT2D eigenvalue weighted by Crippen LogP contribution is 2.22. The Balaban J connectivity index is 1.73. The lowest BCUT2D eigenvalue weighted by Crippen LogP contribution is -2.27. The van der Waals surface area contributed by atoms with Crippen LogP contribution in [0.3, 0.4) is 0 Å². The molecule has 0 aliphatic carbocycles. The molecule has 27 heavy (non-hydrogen) atoms. The summed E-state index contributed by atoms with van der Waals surface area (Å²) in [5.41, 5.74) is 0.828. The van der Waals surface area contributed by atoms with Crippen LogP contribution in [0.25, 0.3) is 5.65 Å². The van der Waals surface area contributed by atoms with Crippen molar-refractivity contribution in [3.63, 3.8) is 0 Å². The van der Waals surface area contributed by atoms with E-state index in [1.807, 2.05) is 28.8 Å². The third-order valence-electron chi connectivity index (χ3n) is 3.98. The lowest BCUT2D eigenvalue weighted by Gasteiger charge is -2.13. The summed E-state index contributed by atoms with van der Waals surface area (Å²) in [5, 5.41) is 11.1. The number of nitrogens with one attached hydrogen (secondary N) is 1. The number of rotatable bonds is 6. The zero-order valence-electron chi connectivity index (χ0n) is 14.8. The maximum absolute atomic E-state index is 12.5. The van der Waals surface area contributed by atoms with Crippen LogP contribution in [-0.4, -0.2) is 53.9 Å². The van der Waals surface area contributed by atoms with Crippen LogP contribution in [0.2, 0.25) is 5.02 Å².